The van der Waals surface area contributed by atoms with Crippen LogP contribution in [0, 0.1) is 0 Å². The van der Waals surface area contributed by atoms with Crippen LogP contribution in [0.3, 0.4) is 0 Å². The molecule has 0 bridgehead atoms. The number of rotatable bonds is 2. The van der Waals surface area contributed by atoms with E-state index in [1.54, 1.807) is 0 Å². The molecule has 45 valence electrons. The first kappa shape index (κ1) is 6.97. The molecule has 0 aliphatic heterocycles. The highest BCUT2D eigenvalue weighted by Crippen LogP contribution is 1.81. The van der Waals surface area contributed by atoms with E-state index in [1.165, 1.54) is 6.08 Å². The molecule has 0 aromatic rings. The van der Waals surface area contributed by atoms with E-state index in [0.717, 1.165) is 0 Å². The second-order valence-corrected chi connectivity index (χ2v) is 1.13. The van der Waals surface area contributed by atoms with Gasteiger partial charge in [0, 0.05) is 0 Å². The van der Waals surface area contributed by atoms with Crippen LogP contribution in [0.5, 0.6) is 0 Å². The molecule has 0 unspecified atom stereocenters. The van der Waals surface area contributed by atoms with Crippen molar-refractivity contribution < 1.29 is 15.1 Å². The highest BCUT2D eigenvalue weighted by molar-refractivity contribution is 5.63. The first-order chi connectivity index (χ1) is 3.68. The van der Waals surface area contributed by atoms with Crippen LogP contribution in [0.1, 0.15) is 0 Å². The number of amides is 1. The number of hydroxylamine groups is 2. The maximum absolute atomic E-state index is 9.99. The summed E-state index contributed by atoms with van der Waals surface area (Å²) in [7, 11) is 0. The van der Waals surface area contributed by atoms with E-state index in [1.807, 2.05) is 0 Å². The van der Waals surface area contributed by atoms with Gasteiger partial charge < -0.3 is 5.11 Å². The number of nitrogens with zero attached hydrogens (tertiary/aromatic N) is 1. The van der Waals surface area contributed by atoms with Gasteiger partial charge in [0.25, 0.3) is 0 Å². The number of carboxylic acid groups (broad SMARTS) is 1. The summed E-state index contributed by atoms with van der Waals surface area (Å²) in [4.78, 5) is 9.65. The highest BCUT2D eigenvalue weighted by atomic mass is 16.6. The Kier molecular flexibility index (Phi) is 2.64. The molecule has 0 saturated carbocycles. The fourth-order valence-electron chi connectivity index (χ4n) is 0.195. The molecule has 0 aliphatic rings. The second kappa shape index (κ2) is 3.04. The zero-order valence-electron chi connectivity index (χ0n) is 4.20. The second-order valence-electron chi connectivity index (χ2n) is 1.13. The van der Waals surface area contributed by atoms with Gasteiger partial charge in [-0.15, -0.1) is 11.6 Å². The molecule has 1 radical (unpaired) electrons. The Labute approximate surface area is 46.6 Å². The van der Waals surface area contributed by atoms with E-state index >= 15 is 0 Å². The molecule has 0 rings (SSSR count). The predicted octanol–water partition coefficient (Wildman–Crippen LogP) is 0.498. The fraction of sp³-hybridized carbons (Fsp3) is 0.250. The van der Waals surface area contributed by atoms with E-state index in [-0.39, 0.29) is 11.6 Å². The van der Waals surface area contributed by atoms with Gasteiger partial charge in [0.05, 0.1) is 6.54 Å². The van der Waals surface area contributed by atoms with Crippen LogP contribution in [-0.2, 0) is 5.21 Å². The molecule has 0 spiro atoms. The molecule has 1 amide bonds. The molecule has 4 nitrogen and oxygen atoms in total. The molecule has 0 aliphatic carbocycles. The molecule has 0 aromatic heterocycles. The lowest BCUT2D eigenvalue weighted by molar-refractivity contribution is -0.117. The minimum Gasteiger partial charge on any atom is -0.463 e. The largest absolute Gasteiger partial charge is 0.463 e. The van der Waals surface area contributed by atoms with E-state index in [4.69, 9.17) is 5.11 Å². The minimum atomic E-state index is -1.48. The van der Waals surface area contributed by atoms with Gasteiger partial charge in [-0.2, -0.15) is 0 Å². The quantitative estimate of drug-likeness (QED) is 0.421. The van der Waals surface area contributed by atoms with Gasteiger partial charge in [-0.05, 0) is 0 Å². The third-order valence-corrected chi connectivity index (χ3v) is 0.508. The van der Waals surface area contributed by atoms with E-state index in [2.05, 4.69) is 6.58 Å². The maximum atomic E-state index is 9.99. The number of hydrogen-bond acceptors (Lipinski definition) is 1. The fourth-order valence-corrected chi connectivity index (χ4v) is 0.195. The van der Waals surface area contributed by atoms with E-state index in [0.29, 0.717) is 0 Å². The normalized spacial score (nSPS) is 8.12. The molecule has 8 heavy (non-hydrogen) atoms. The summed E-state index contributed by atoms with van der Waals surface area (Å²) in [5, 5.41) is 17.8. The maximum Gasteiger partial charge on any atom is 0.434 e. The summed E-state index contributed by atoms with van der Waals surface area (Å²) >= 11 is 0. The molecule has 0 saturated heterocycles. The van der Waals surface area contributed by atoms with Crippen molar-refractivity contribution in [1.82, 2.24) is 5.06 Å². The van der Waals surface area contributed by atoms with Crippen molar-refractivity contribution in [2.45, 2.75) is 0 Å². The summed E-state index contributed by atoms with van der Waals surface area (Å²) in [6, 6.07) is 0. The van der Waals surface area contributed by atoms with Gasteiger partial charge in [-0.1, -0.05) is 11.3 Å². The van der Waals surface area contributed by atoms with E-state index < -0.39 is 6.09 Å². The van der Waals surface area contributed by atoms with Gasteiger partial charge in [-0.25, -0.2) is 4.79 Å². The molecular weight excluding hydrogens is 110 g/mol. The molecule has 0 heterocycles. The van der Waals surface area contributed by atoms with Crippen LogP contribution in [-0.4, -0.2) is 22.8 Å². The van der Waals surface area contributed by atoms with Crippen molar-refractivity contribution in [3.63, 3.8) is 0 Å². The molecule has 0 aromatic carbocycles. The van der Waals surface area contributed by atoms with E-state index in [9.17, 15) is 10.0 Å². The molecule has 0 atom stereocenters. The lowest BCUT2D eigenvalue weighted by Crippen LogP contribution is -2.23. The van der Waals surface area contributed by atoms with Crippen molar-refractivity contribution in [3.8, 4) is 0 Å². The van der Waals surface area contributed by atoms with Crippen LogP contribution >= 0.6 is 0 Å². The Hall–Kier alpha value is -1.03. The summed E-state index contributed by atoms with van der Waals surface area (Å²) < 4.78 is 0. The number of hydrogen-bond donors (Lipinski definition) is 1. The molecule has 1 N–H and O–H groups in total. The van der Waals surface area contributed by atoms with Crippen LogP contribution in [0.15, 0.2) is 12.7 Å². The summed E-state index contributed by atoms with van der Waals surface area (Å²) in [6.45, 7) is 3.01. The summed E-state index contributed by atoms with van der Waals surface area (Å²) in [5.41, 5.74) is 0. The lowest BCUT2D eigenvalue weighted by atomic mass is 10.6. The monoisotopic (exact) mass is 116 g/mol. The van der Waals surface area contributed by atoms with Crippen molar-refractivity contribution in [3.05, 3.63) is 12.7 Å². The molecular formula is C4H6NO3. The van der Waals surface area contributed by atoms with Crippen LogP contribution in [0.2, 0.25) is 0 Å². The van der Waals surface area contributed by atoms with Crippen LogP contribution < -0.4 is 0 Å². The smallest absolute Gasteiger partial charge is 0.434 e. The number of carbonyl (C=O) groups is 1. The standard InChI is InChI=1S/C4H6NO3/c1-2-3-5(8)4(6)7/h2H,1,3H2,(H,6,7). The average molecular weight is 116 g/mol. The summed E-state index contributed by atoms with van der Waals surface area (Å²) in [6.07, 6.45) is -0.258. The lowest BCUT2D eigenvalue weighted by Gasteiger charge is -2.00. The van der Waals surface area contributed by atoms with Crippen molar-refractivity contribution in [2.24, 2.45) is 0 Å². The van der Waals surface area contributed by atoms with Gasteiger partial charge in [0.2, 0.25) is 0 Å². The Morgan fingerprint density at radius 1 is 1.88 bits per heavy atom. The Bertz CT molecular complexity index is 101. The Balaban J connectivity index is 3.46. The SMILES string of the molecule is C=CCN([O])C(=O)O. The van der Waals surface area contributed by atoms with Crippen molar-refractivity contribution in [1.29, 1.82) is 0 Å². The third-order valence-electron chi connectivity index (χ3n) is 0.508. The topological polar surface area (TPSA) is 60.4 Å². The van der Waals surface area contributed by atoms with Gasteiger partial charge >= 0.3 is 6.09 Å². The van der Waals surface area contributed by atoms with Gasteiger partial charge in [-0.3, -0.25) is 0 Å². The zero-order chi connectivity index (χ0) is 6.57. The van der Waals surface area contributed by atoms with Gasteiger partial charge in [0.1, 0.15) is 0 Å². The van der Waals surface area contributed by atoms with Crippen molar-refractivity contribution >= 4 is 6.09 Å². The third kappa shape index (κ3) is 2.20. The average Bonchev–Trinajstić information content (AvgIpc) is 1.67. The Morgan fingerprint density at radius 2 is 2.38 bits per heavy atom. The van der Waals surface area contributed by atoms with Gasteiger partial charge in [0.15, 0.2) is 0 Å². The minimum absolute atomic E-state index is 0.104. The Morgan fingerprint density at radius 3 is 2.50 bits per heavy atom. The van der Waals surface area contributed by atoms with Crippen LogP contribution in [0.25, 0.3) is 0 Å². The van der Waals surface area contributed by atoms with Crippen LogP contribution in [0.4, 0.5) is 4.79 Å². The molecule has 4 heteroatoms. The summed E-state index contributed by atoms with van der Waals surface area (Å²) in [5.74, 6) is 0. The zero-order valence-corrected chi connectivity index (χ0v) is 4.20. The molecule has 0 fully saturated rings. The predicted molar refractivity (Wildman–Crippen MR) is 25.6 cm³/mol. The first-order valence-corrected chi connectivity index (χ1v) is 1.97. The highest BCUT2D eigenvalue weighted by Gasteiger charge is 2.04. The first-order valence-electron chi connectivity index (χ1n) is 1.97. The van der Waals surface area contributed by atoms with Crippen molar-refractivity contribution in [2.75, 3.05) is 6.54 Å².